The van der Waals surface area contributed by atoms with Crippen LogP contribution in [0.15, 0.2) is 12.2 Å². The number of allylic oxidation sites excluding steroid dienone is 1. The van der Waals surface area contributed by atoms with E-state index in [-0.39, 0.29) is 17.8 Å². The van der Waals surface area contributed by atoms with Crippen LogP contribution < -0.4 is 0 Å². The largest absolute Gasteiger partial charge is 0.390 e. The van der Waals surface area contributed by atoms with Gasteiger partial charge in [0.15, 0.2) is 0 Å². The molecule has 2 nitrogen and oxygen atoms in total. The first kappa shape index (κ1) is 8.27. The minimum atomic E-state index is -0.294. The van der Waals surface area contributed by atoms with E-state index in [4.69, 9.17) is 4.74 Å². The second-order valence-corrected chi connectivity index (χ2v) is 4.32. The number of aliphatic hydroxyl groups excluding tert-OH is 1. The van der Waals surface area contributed by atoms with Gasteiger partial charge in [-0.05, 0) is 32.6 Å². The van der Waals surface area contributed by atoms with Crippen LogP contribution in [-0.2, 0) is 4.74 Å². The molecule has 0 spiro atoms. The molecule has 2 fully saturated rings. The molecule has 68 valence electrons. The van der Waals surface area contributed by atoms with E-state index in [0.29, 0.717) is 5.92 Å². The summed E-state index contributed by atoms with van der Waals surface area (Å²) >= 11 is 0. The number of aliphatic hydroxyl groups is 1. The van der Waals surface area contributed by atoms with E-state index < -0.39 is 0 Å². The van der Waals surface area contributed by atoms with E-state index >= 15 is 0 Å². The van der Waals surface area contributed by atoms with Crippen LogP contribution in [0.1, 0.15) is 26.7 Å². The van der Waals surface area contributed by atoms with Gasteiger partial charge in [-0.25, -0.2) is 0 Å². The van der Waals surface area contributed by atoms with Gasteiger partial charge in [-0.15, -0.1) is 0 Å². The Morgan fingerprint density at radius 2 is 2.25 bits per heavy atom. The van der Waals surface area contributed by atoms with Gasteiger partial charge in [0, 0.05) is 0 Å². The number of rotatable bonds is 1. The molecule has 1 heterocycles. The molecule has 1 saturated heterocycles. The average molecular weight is 168 g/mol. The van der Waals surface area contributed by atoms with Gasteiger partial charge in [0.05, 0.1) is 12.2 Å². The normalized spacial score (nSPS) is 51.4. The third-order valence-electron chi connectivity index (χ3n) is 3.34. The molecule has 12 heavy (non-hydrogen) atoms. The maximum absolute atomic E-state index is 9.73. The third-order valence-corrected chi connectivity index (χ3v) is 3.34. The van der Waals surface area contributed by atoms with Crippen molar-refractivity contribution in [1.82, 2.24) is 0 Å². The Labute approximate surface area is 73.2 Å². The molecule has 0 radical (unpaired) electrons. The molecule has 0 aromatic heterocycles. The Morgan fingerprint density at radius 1 is 1.58 bits per heavy atom. The monoisotopic (exact) mass is 168 g/mol. The van der Waals surface area contributed by atoms with E-state index in [0.717, 1.165) is 12.8 Å². The van der Waals surface area contributed by atoms with Crippen LogP contribution in [0.25, 0.3) is 0 Å². The summed E-state index contributed by atoms with van der Waals surface area (Å²) in [5, 5.41) is 9.73. The molecule has 0 bridgehead atoms. The van der Waals surface area contributed by atoms with Crippen LogP contribution in [0.5, 0.6) is 0 Å². The van der Waals surface area contributed by atoms with Gasteiger partial charge in [0.25, 0.3) is 0 Å². The molecule has 1 saturated carbocycles. The van der Waals surface area contributed by atoms with Crippen molar-refractivity contribution in [2.45, 2.75) is 44.5 Å². The molecule has 1 N–H and O–H groups in total. The van der Waals surface area contributed by atoms with Crippen molar-refractivity contribution >= 4 is 0 Å². The summed E-state index contributed by atoms with van der Waals surface area (Å²) in [4.78, 5) is 0. The molecule has 2 heteroatoms. The van der Waals surface area contributed by atoms with Crippen molar-refractivity contribution in [3.63, 3.8) is 0 Å². The van der Waals surface area contributed by atoms with Crippen LogP contribution in [0, 0.1) is 5.92 Å². The van der Waals surface area contributed by atoms with Gasteiger partial charge in [0.2, 0.25) is 0 Å². The highest BCUT2D eigenvalue weighted by atomic mass is 16.6. The lowest BCUT2D eigenvalue weighted by Gasteiger charge is -2.27. The molecule has 1 aliphatic carbocycles. The van der Waals surface area contributed by atoms with Gasteiger partial charge < -0.3 is 9.84 Å². The molecule has 2 rings (SSSR count). The summed E-state index contributed by atoms with van der Waals surface area (Å²) in [7, 11) is 0. The molecule has 0 aromatic rings. The number of hydrogen-bond donors (Lipinski definition) is 1. The standard InChI is InChI=1S/C10H16O2/c1-6(2)7-4-8(11)10(3)9(5-7)12-10/h7-9,11H,1,4-5H2,2-3H3/t7-,8+,9+,10-/m1/s1. The fraction of sp³-hybridized carbons (Fsp3) is 0.800. The quantitative estimate of drug-likeness (QED) is 0.475. The fourth-order valence-corrected chi connectivity index (χ4v) is 2.11. The molecule has 0 aromatic carbocycles. The second-order valence-electron chi connectivity index (χ2n) is 4.32. The van der Waals surface area contributed by atoms with Gasteiger partial charge in [-0.1, -0.05) is 12.2 Å². The van der Waals surface area contributed by atoms with Gasteiger partial charge in [-0.3, -0.25) is 0 Å². The minimum Gasteiger partial charge on any atom is -0.390 e. The predicted molar refractivity (Wildman–Crippen MR) is 46.8 cm³/mol. The fourth-order valence-electron chi connectivity index (χ4n) is 2.11. The third kappa shape index (κ3) is 1.02. The topological polar surface area (TPSA) is 32.8 Å². The Hall–Kier alpha value is -0.340. The van der Waals surface area contributed by atoms with Crippen molar-refractivity contribution in [2.75, 3.05) is 0 Å². The summed E-state index contributed by atoms with van der Waals surface area (Å²) in [6.07, 6.45) is 1.85. The van der Waals surface area contributed by atoms with Crippen molar-refractivity contribution in [3.8, 4) is 0 Å². The van der Waals surface area contributed by atoms with E-state index in [1.807, 2.05) is 13.8 Å². The van der Waals surface area contributed by atoms with E-state index in [9.17, 15) is 5.11 Å². The summed E-state index contributed by atoms with van der Waals surface area (Å²) in [5.74, 6) is 0.459. The Kier molecular flexibility index (Phi) is 1.61. The lowest BCUT2D eigenvalue weighted by molar-refractivity contribution is 0.0641. The molecule has 0 unspecified atom stereocenters. The van der Waals surface area contributed by atoms with Crippen molar-refractivity contribution in [2.24, 2.45) is 5.92 Å². The zero-order valence-corrected chi connectivity index (χ0v) is 7.71. The second kappa shape index (κ2) is 2.33. The molecule has 1 aliphatic heterocycles. The van der Waals surface area contributed by atoms with Crippen LogP contribution in [0.3, 0.4) is 0 Å². The van der Waals surface area contributed by atoms with Crippen LogP contribution >= 0.6 is 0 Å². The summed E-state index contributed by atoms with van der Waals surface area (Å²) < 4.78 is 5.47. The van der Waals surface area contributed by atoms with Crippen molar-refractivity contribution in [3.05, 3.63) is 12.2 Å². The number of hydrogen-bond acceptors (Lipinski definition) is 2. The first-order valence-corrected chi connectivity index (χ1v) is 4.55. The maximum atomic E-state index is 9.73. The highest BCUT2D eigenvalue weighted by molar-refractivity contribution is 5.14. The molecule has 4 atom stereocenters. The summed E-state index contributed by atoms with van der Waals surface area (Å²) in [6, 6.07) is 0. The Bertz CT molecular complexity index is 224. The van der Waals surface area contributed by atoms with Crippen LogP contribution in [0.2, 0.25) is 0 Å². The smallest absolute Gasteiger partial charge is 0.118 e. The van der Waals surface area contributed by atoms with Gasteiger partial charge in [0.1, 0.15) is 5.60 Å². The minimum absolute atomic E-state index is 0.216. The van der Waals surface area contributed by atoms with Crippen molar-refractivity contribution in [1.29, 1.82) is 0 Å². The zero-order valence-electron chi connectivity index (χ0n) is 7.71. The first-order chi connectivity index (χ1) is 5.54. The highest BCUT2D eigenvalue weighted by Gasteiger charge is 2.60. The molecular formula is C10H16O2. The number of ether oxygens (including phenoxy) is 1. The maximum Gasteiger partial charge on any atom is 0.118 e. The lowest BCUT2D eigenvalue weighted by Crippen LogP contribution is -2.36. The number of fused-ring (bicyclic) bond motifs is 1. The average Bonchev–Trinajstić information content (AvgIpc) is 2.62. The zero-order chi connectivity index (χ0) is 8.93. The van der Waals surface area contributed by atoms with Crippen LogP contribution in [0.4, 0.5) is 0 Å². The molecular weight excluding hydrogens is 152 g/mol. The summed E-state index contributed by atoms with van der Waals surface area (Å²) in [6.45, 7) is 7.95. The van der Waals surface area contributed by atoms with E-state index in [1.165, 1.54) is 5.57 Å². The summed E-state index contributed by atoms with van der Waals surface area (Å²) in [5.41, 5.74) is 0.956. The molecule has 2 aliphatic rings. The van der Waals surface area contributed by atoms with E-state index in [1.54, 1.807) is 0 Å². The molecule has 0 amide bonds. The lowest BCUT2D eigenvalue weighted by atomic mass is 9.78. The van der Waals surface area contributed by atoms with Crippen LogP contribution in [-0.4, -0.2) is 22.9 Å². The predicted octanol–water partition coefficient (Wildman–Crippen LogP) is 1.49. The number of epoxide rings is 1. The first-order valence-electron chi connectivity index (χ1n) is 4.55. The highest BCUT2D eigenvalue weighted by Crippen LogP contribution is 2.50. The Morgan fingerprint density at radius 3 is 2.75 bits per heavy atom. The van der Waals surface area contributed by atoms with E-state index in [2.05, 4.69) is 6.58 Å². The van der Waals surface area contributed by atoms with Gasteiger partial charge >= 0.3 is 0 Å². The van der Waals surface area contributed by atoms with Crippen molar-refractivity contribution < 1.29 is 9.84 Å². The Balaban J connectivity index is 2.06. The van der Waals surface area contributed by atoms with Gasteiger partial charge in [-0.2, -0.15) is 0 Å². The SMILES string of the molecule is C=C(C)[C@H]1C[C@@H]2O[C@]2(C)[C@@H](O)C1.